The Kier molecular flexibility index (Phi) is 5.49. The first-order valence-electron chi connectivity index (χ1n) is 7.87. The largest absolute Gasteiger partial charge is 0.497 e. The van der Waals surface area contributed by atoms with Gasteiger partial charge in [0.25, 0.3) is 0 Å². The molecule has 3 aromatic rings. The minimum Gasteiger partial charge on any atom is -0.497 e. The molecule has 0 aliphatic heterocycles. The molecule has 0 heterocycles. The zero-order valence-corrected chi connectivity index (χ0v) is 14.6. The maximum absolute atomic E-state index is 5.36. The van der Waals surface area contributed by atoms with E-state index in [1.165, 1.54) is 0 Å². The van der Waals surface area contributed by atoms with Gasteiger partial charge in [0.2, 0.25) is 0 Å². The van der Waals surface area contributed by atoms with Gasteiger partial charge in [-0.2, -0.15) is 0 Å². The van der Waals surface area contributed by atoms with Crippen molar-refractivity contribution in [3.63, 3.8) is 0 Å². The Morgan fingerprint density at radius 2 is 1.32 bits per heavy atom. The molecule has 0 saturated carbocycles. The van der Waals surface area contributed by atoms with Gasteiger partial charge in [-0.3, -0.25) is 0 Å². The Labute approximate surface area is 152 Å². The Morgan fingerprint density at radius 3 is 2.04 bits per heavy atom. The standard InChI is InChI=1S/C20H19N3OS/c1-24-19-9-5-8-18(14-19)23-20(25)22-17-12-10-16(11-13-17)21-15-6-3-2-4-7-15/h2-14,21H,1H3,(H2,22,23,25). The predicted molar refractivity (Wildman–Crippen MR) is 109 cm³/mol. The quantitative estimate of drug-likeness (QED) is 0.549. The number of ether oxygens (including phenoxy) is 1. The molecule has 0 atom stereocenters. The molecule has 0 radical (unpaired) electrons. The number of rotatable bonds is 5. The SMILES string of the molecule is COc1cccc(NC(=S)Nc2ccc(Nc3ccccc3)cc2)c1. The lowest BCUT2D eigenvalue weighted by Crippen LogP contribution is -2.18. The minimum absolute atomic E-state index is 0.525. The van der Waals surface area contributed by atoms with Crippen molar-refractivity contribution in [2.45, 2.75) is 0 Å². The highest BCUT2D eigenvalue weighted by molar-refractivity contribution is 7.80. The van der Waals surface area contributed by atoms with Gasteiger partial charge < -0.3 is 20.7 Å². The summed E-state index contributed by atoms with van der Waals surface area (Å²) in [5.41, 5.74) is 3.86. The Bertz CT molecular complexity index is 835. The maximum atomic E-state index is 5.36. The van der Waals surface area contributed by atoms with Crippen LogP contribution in [0.5, 0.6) is 5.75 Å². The lowest BCUT2D eigenvalue weighted by Gasteiger charge is -2.12. The molecule has 0 spiro atoms. The van der Waals surface area contributed by atoms with Crippen molar-refractivity contribution >= 4 is 40.1 Å². The van der Waals surface area contributed by atoms with Crippen molar-refractivity contribution < 1.29 is 4.74 Å². The summed E-state index contributed by atoms with van der Waals surface area (Å²) in [5, 5.41) is 10.2. The zero-order chi connectivity index (χ0) is 17.5. The summed E-state index contributed by atoms with van der Waals surface area (Å²) in [4.78, 5) is 0. The molecule has 0 aromatic heterocycles. The Balaban J connectivity index is 1.58. The molecule has 0 unspecified atom stereocenters. The number of methoxy groups -OCH3 is 1. The van der Waals surface area contributed by atoms with E-state index in [1.807, 2.05) is 78.9 Å². The van der Waals surface area contributed by atoms with E-state index >= 15 is 0 Å². The van der Waals surface area contributed by atoms with Crippen molar-refractivity contribution in [2.24, 2.45) is 0 Å². The van der Waals surface area contributed by atoms with Crippen LogP contribution in [0.25, 0.3) is 0 Å². The van der Waals surface area contributed by atoms with E-state index < -0.39 is 0 Å². The number of hydrogen-bond acceptors (Lipinski definition) is 3. The predicted octanol–water partition coefficient (Wildman–Crippen LogP) is 5.25. The average molecular weight is 349 g/mol. The monoisotopic (exact) mass is 349 g/mol. The van der Waals surface area contributed by atoms with Crippen LogP contribution < -0.4 is 20.7 Å². The number of hydrogen-bond donors (Lipinski definition) is 3. The summed E-state index contributed by atoms with van der Waals surface area (Å²) >= 11 is 5.36. The van der Waals surface area contributed by atoms with Crippen LogP contribution in [-0.4, -0.2) is 12.2 Å². The lowest BCUT2D eigenvalue weighted by molar-refractivity contribution is 0.415. The van der Waals surface area contributed by atoms with Crippen molar-refractivity contribution in [1.82, 2.24) is 0 Å². The smallest absolute Gasteiger partial charge is 0.175 e. The van der Waals surface area contributed by atoms with E-state index in [0.717, 1.165) is 28.5 Å². The van der Waals surface area contributed by atoms with Gasteiger partial charge in [-0.15, -0.1) is 0 Å². The highest BCUT2D eigenvalue weighted by Gasteiger charge is 2.01. The van der Waals surface area contributed by atoms with Crippen molar-refractivity contribution in [1.29, 1.82) is 0 Å². The minimum atomic E-state index is 0.525. The van der Waals surface area contributed by atoms with E-state index in [4.69, 9.17) is 17.0 Å². The van der Waals surface area contributed by atoms with E-state index in [9.17, 15) is 0 Å². The second-order valence-corrected chi connectivity index (χ2v) is 5.79. The topological polar surface area (TPSA) is 45.3 Å². The van der Waals surface area contributed by atoms with E-state index in [0.29, 0.717) is 5.11 Å². The fourth-order valence-corrected chi connectivity index (χ4v) is 2.56. The van der Waals surface area contributed by atoms with Crippen LogP contribution in [0.15, 0.2) is 78.9 Å². The second-order valence-electron chi connectivity index (χ2n) is 5.38. The molecule has 5 heteroatoms. The van der Waals surface area contributed by atoms with Gasteiger partial charge in [0.15, 0.2) is 5.11 Å². The fraction of sp³-hybridized carbons (Fsp3) is 0.0500. The molecule has 0 bridgehead atoms. The van der Waals surface area contributed by atoms with Crippen LogP contribution in [0.4, 0.5) is 22.7 Å². The molecular formula is C20H19N3OS. The van der Waals surface area contributed by atoms with E-state index in [2.05, 4.69) is 16.0 Å². The normalized spacial score (nSPS) is 9.96. The fourth-order valence-electron chi connectivity index (χ4n) is 2.32. The highest BCUT2D eigenvalue weighted by atomic mass is 32.1. The second kappa shape index (κ2) is 8.17. The summed E-state index contributed by atoms with van der Waals surface area (Å²) in [6.07, 6.45) is 0. The number of para-hydroxylation sites is 1. The van der Waals surface area contributed by atoms with Gasteiger partial charge in [-0.1, -0.05) is 24.3 Å². The maximum Gasteiger partial charge on any atom is 0.175 e. The van der Waals surface area contributed by atoms with Crippen LogP contribution in [0.2, 0.25) is 0 Å². The van der Waals surface area contributed by atoms with Crippen molar-refractivity contribution in [2.75, 3.05) is 23.1 Å². The summed E-state index contributed by atoms with van der Waals surface area (Å²) in [7, 11) is 1.64. The van der Waals surface area contributed by atoms with Crippen molar-refractivity contribution in [3.8, 4) is 5.75 Å². The van der Waals surface area contributed by atoms with Crippen LogP contribution in [0.3, 0.4) is 0 Å². The van der Waals surface area contributed by atoms with Crippen LogP contribution in [0, 0.1) is 0 Å². The molecule has 25 heavy (non-hydrogen) atoms. The average Bonchev–Trinajstić information content (AvgIpc) is 2.64. The lowest BCUT2D eigenvalue weighted by atomic mass is 10.2. The summed E-state index contributed by atoms with van der Waals surface area (Å²) in [6.45, 7) is 0. The summed E-state index contributed by atoms with van der Waals surface area (Å²) in [6, 6.07) is 25.6. The molecule has 4 nitrogen and oxygen atoms in total. The number of nitrogens with one attached hydrogen (secondary N) is 3. The Morgan fingerprint density at radius 1 is 0.720 bits per heavy atom. The molecule has 0 amide bonds. The van der Waals surface area contributed by atoms with Crippen LogP contribution in [-0.2, 0) is 0 Å². The number of benzene rings is 3. The molecule has 126 valence electrons. The Hall–Kier alpha value is -3.05. The van der Waals surface area contributed by atoms with Crippen LogP contribution in [0.1, 0.15) is 0 Å². The molecule has 3 aromatic carbocycles. The molecule has 0 aliphatic carbocycles. The van der Waals surface area contributed by atoms with Gasteiger partial charge in [0.05, 0.1) is 7.11 Å². The van der Waals surface area contributed by atoms with Crippen LogP contribution >= 0.6 is 12.2 Å². The van der Waals surface area contributed by atoms with Gasteiger partial charge >= 0.3 is 0 Å². The van der Waals surface area contributed by atoms with Gasteiger partial charge in [-0.05, 0) is 60.7 Å². The molecule has 0 saturated heterocycles. The zero-order valence-electron chi connectivity index (χ0n) is 13.8. The number of anilines is 4. The van der Waals surface area contributed by atoms with E-state index in [-0.39, 0.29) is 0 Å². The van der Waals surface area contributed by atoms with Gasteiger partial charge in [-0.25, -0.2) is 0 Å². The van der Waals surface area contributed by atoms with Gasteiger partial charge in [0, 0.05) is 28.8 Å². The molecule has 0 fully saturated rings. The third-order valence-electron chi connectivity index (χ3n) is 3.53. The van der Waals surface area contributed by atoms with E-state index in [1.54, 1.807) is 7.11 Å². The third-order valence-corrected chi connectivity index (χ3v) is 3.74. The summed E-state index contributed by atoms with van der Waals surface area (Å²) in [5.74, 6) is 0.782. The van der Waals surface area contributed by atoms with Gasteiger partial charge in [0.1, 0.15) is 5.75 Å². The first kappa shape index (κ1) is 16.8. The highest BCUT2D eigenvalue weighted by Crippen LogP contribution is 2.20. The first-order valence-corrected chi connectivity index (χ1v) is 8.28. The molecule has 0 aliphatic rings. The summed E-state index contributed by atoms with van der Waals surface area (Å²) < 4.78 is 5.21. The molecule has 3 N–H and O–H groups in total. The molecular weight excluding hydrogens is 330 g/mol. The third kappa shape index (κ3) is 4.96. The number of thiocarbonyl (C=S) groups is 1. The first-order chi connectivity index (χ1) is 12.2. The molecule has 3 rings (SSSR count). The van der Waals surface area contributed by atoms with Crippen molar-refractivity contribution in [3.05, 3.63) is 78.9 Å².